The molecule has 3 fully saturated rings. The highest BCUT2D eigenvalue weighted by Crippen LogP contribution is 2.46. The molecule has 0 unspecified atom stereocenters. The molecule has 3 aliphatic heterocycles. The van der Waals surface area contributed by atoms with Crippen LogP contribution in [0.15, 0.2) is 36.4 Å². The van der Waals surface area contributed by atoms with Gasteiger partial charge in [-0.1, -0.05) is 37.1 Å². The van der Waals surface area contributed by atoms with Crippen molar-refractivity contribution in [1.29, 1.82) is 0 Å². The van der Waals surface area contributed by atoms with Crippen molar-refractivity contribution in [2.45, 2.75) is 99.6 Å². The van der Waals surface area contributed by atoms with Gasteiger partial charge < -0.3 is 34.5 Å². The Kier molecular flexibility index (Phi) is 10.7. The van der Waals surface area contributed by atoms with E-state index in [1.165, 1.54) is 12.0 Å². The van der Waals surface area contributed by atoms with E-state index in [1.807, 2.05) is 30.4 Å². The van der Waals surface area contributed by atoms with Gasteiger partial charge in [0, 0.05) is 35.4 Å². The van der Waals surface area contributed by atoms with Crippen LogP contribution in [0.3, 0.4) is 0 Å². The molecule has 5 aliphatic rings. The van der Waals surface area contributed by atoms with Crippen LogP contribution in [0.5, 0.6) is 17.4 Å². The van der Waals surface area contributed by atoms with Crippen molar-refractivity contribution >= 4 is 50.8 Å². The smallest absolute Gasteiger partial charge is 0.407 e. The number of sulfonamides is 1. The molecule has 5 bridgehead atoms. The SMILES string of the molecule is COc1cc2c3cc(c(OC)cc3n1)/C=C/CCCOC(=O)N[C@H]1CCCCC/C=C\[C@H]3C[C@@]3(C(=O)NS(=O)(=O)C3CC3)NC(=O)[C@@H]3C[C@H](CN3C1=O)O2. The Bertz CT molecular complexity index is 1980. The summed E-state index contributed by atoms with van der Waals surface area (Å²) < 4.78 is 51.2. The van der Waals surface area contributed by atoms with E-state index in [-0.39, 0.29) is 31.9 Å². The summed E-state index contributed by atoms with van der Waals surface area (Å²) in [7, 11) is -0.837. The molecule has 54 heavy (non-hydrogen) atoms. The van der Waals surface area contributed by atoms with E-state index in [2.05, 4.69) is 20.3 Å². The fourth-order valence-electron chi connectivity index (χ4n) is 7.51. The number of fused-ring (bicyclic) bond motifs is 4. The van der Waals surface area contributed by atoms with Gasteiger partial charge in [0.1, 0.15) is 35.2 Å². The van der Waals surface area contributed by atoms with Crippen LogP contribution in [0.25, 0.3) is 17.0 Å². The zero-order chi connectivity index (χ0) is 38.0. The number of aromatic nitrogens is 1. The fourth-order valence-corrected chi connectivity index (χ4v) is 8.88. The van der Waals surface area contributed by atoms with E-state index in [9.17, 15) is 27.6 Å². The molecule has 1 aromatic carbocycles. The number of nitrogens with zero attached hydrogens (tertiary/aromatic N) is 2. The maximum absolute atomic E-state index is 14.5. The third-order valence-corrected chi connectivity index (χ3v) is 12.6. The number of alkyl carbamates (subject to hydrolysis) is 1. The van der Waals surface area contributed by atoms with E-state index in [4.69, 9.17) is 18.9 Å². The molecule has 4 amide bonds. The highest BCUT2D eigenvalue weighted by Gasteiger charge is 2.62. The van der Waals surface area contributed by atoms with Crippen molar-refractivity contribution in [3.63, 3.8) is 0 Å². The van der Waals surface area contributed by atoms with Crippen LogP contribution in [0.2, 0.25) is 0 Å². The van der Waals surface area contributed by atoms with Gasteiger partial charge in [-0.05, 0) is 57.4 Å². The third kappa shape index (κ3) is 7.98. The van der Waals surface area contributed by atoms with Crippen LogP contribution in [0.1, 0.15) is 76.2 Å². The average Bonchev–Trinajstić information content (AvgIpc) is 4.08. The van der Waals surface area contributed by atoms with Crippen molar-refractivity contribution in [2.24, 2.45) is 5.92 Å². The van der Waals surface area contributed by atoms with Gasteiger partial charge in [-0.25, -0.2) is 18.2 Å². The molecule has 3 N–H and O–H groups in total. The molecule has 2 aromatic rings. The molecular weight excluding hydrogens is 719 g/mol. The first kappa shape index (κ1) is 37.5. The molecule has 7 rings (SSSR count). The number of allylic oxidation sites excluding steroid dienone is 2. The minimum atomic E-state index is -3.89. The van der Waals surface area contributed by atoms with Gasteiger partial charge in [0.15, 0.2) is 0 Å². The normalized spacial score (nSPS) is 29.1. The lowest BCUT2D eigenvalue weighted by Crippen LogP contribution is -2.58. The number of nitrogens with one attached hydrogen (secondary N) is 3. The highest BCUT2D eigenvalue weighted by molar-refractivity contribution is 7.91. The van der Waals surface area contributed by atoms with Crippen LogP contribution < -0.4 is 29.6 Å². The second-order valence-corrected chi connectivity index (χ2v) is 16.6. The second kappa shape index (κ2) is 15.5. The molecule has 1 aromatic heterocycles. The van der Waals surface area contributed by atoms with Gasteiger partial charge in [-0.2, -0.15) is 0 Å². The molecule has 0 spiro atoms. The highest BCUT2D eigenvalue weighted by atomic mass is 32.2. The van der Waals surface area contributed by atoms with E-state index >= 15 is 0 Å². The third-order valence-electron chi connectivity index (χ3n) is 10.8. The standard InChI is InChI=1S/C38H47N5O10S/c1-50-31-19-29-27-17-23(31)11-7-6-10-16-52-37(47)40-28-13-9-5-3-4-8-12-24-21-38(24,36(46)42-54(48,49)26-14-15-26)41-34(44)30-18-25(22-43(30)35(28)45)53-32(27)20-33(39-29)51-2/h7-8,11-12,17,19-20,24-26,28,30H,3-6,9-10,13-16,18,21-22H2,1-2H3,(H,40,47)(H,41,44)(H,42,46)/b11-7+,12-8-/t24-,25+,28-,30-,38+/m0/s1. The summed E-state index contributed by atoms with van der Waals surface area (Å²) in [6, 6.07) is 3.22. The average molecular weight is 766 g/mol. The van der Waals surface area contributed by atoms with Crippen molar-refractivity contribution in [3.8, 4) is 17.4 Å². The quantitative estimate of drug-likeness (QED) is 0.378. The largest absolute Gasteiger partial charge is 0.496 e. The molecule has 5 atom stereocenters. The Morgan fingerprint density at radius 2 is 1.83 bits per heavy atom. The molecule has 16 heteroatoms. The Labute approximate surface area is 314 Å². The van der Waals surface area contributed by atoms with Gasteiger partial charge in [0.25, 0.3) is 5.91 Å². The first-order chi connectivity index (χ1) is 26.0. The van der Waals surface area contributed by atoms with E-state index in [0.29, 0.717) is 67.3 Å². The van der Waals surface area contributed by atoms with Gasteiger partial charge in [-0.3, -0.25) is 19.1 Å². The summed E-state index contributed by atoms with van der Waals surface area (Å²) in [5.41, 5.74) is -0.194. The summed E-state index contributed by atoms with van der Waals surface area (Å²) in [5, 5.41) is 5.67. The number of carbonyl (C=O) groups is 4. The lowest BCUT2D eigenvalue weighted by molar-refractivity contribution is -0.141. The summed E-state index contributed by atoms with van der Waals surface area (Å²) >= 11 is 0. The maximum atomic E-state index is 14.5. The van der Waals surface area contributed by atoms with Crippen LogP contribution in [0, 0.1) is 5.92 Å². The number of carbonyl (C=O) groups excluding carboxylic acids is 4. The van der Waals surface area contributed by atoms with Gasteiger partial charge >= 0.3 is 6.09 Å². The number of cyclic esters (lactones) is 1. The first-order valence-corrected chi connectivity index (χ1v) is 20.2. The summed E-state index contributed by atoms with van der Waals surface area (Å²) in [5.74, 6) is -1.05. The topological polar surface area (TPSA) is 192 Å². The number of ether oxygens (including phenoxy) is 4. The molecule has 2 saturated carbocycles. The van der Waals surface area contributed by atoms with Crippen LogP contribution in [0.4, 0.5) is 4.79 Å². The van der Waals surface area contributed by atoms with E-state index in [1.54, 1.807) is 19.2 Å². The summed E-state index contributed by atoms with van der Waals surface area (Å²) in [6.45, 7) is 0.107. The zero-order valence-electron chi connectivity index (χ0n) is 30.5. The van der Waals surface area contributed by atoms with Crippen LogP contribution in [-0.2, 0) is 29.1 Å². The van der Waals surface area contributed by atoms with Gasteiger partial charge in [0.2, 0.25) is 27.7 Å². The predicted molar refractivity (Wildman–Crippen MR) is 197 cm³/mol. The second-order valence-electron chi connectivity index (χ2n) is 14.6. The van der Waals surface area contributed by atoms with E-state index in [0.717, 1.165) is 18.4 Å². The van der Waals surface area contributed by atoms with Gasteiger partial charge in [-0.15, -0.1) is 0 Å². The number of amides is 4. The number of benzene rings is 1. The Morgan fingerprint density at radius 1 is 1.02 bits per heavy atom. The number of hydrogen-bond donors (Lipinski definition) is 3. The Hall–Kier alpha value is -4.86. The predicted octanol–water partition coefficient (Wildman–Crippen LogP) is 3.51. The summed E-state index contributed by atoms with van der Waals surface area (Å²) in [6.07, 6.45) is 11.8. The molecule has 15 nitrogen and oxygen atoms in total. The lowest BCUT2D eigenvalue weighted by atomic mass is 10.0. The van der Waals surface area contributed by atoms with Crippen molar-refractivity contribution in [2.75, 3.05) is 27.4 Å². The number of rotatable bonds is 5. The molecular formula is C38H47N5O10S. The fraction of sp³-hybridized carbons (Fsp3) is 0.553. The zero-order valence-corrected chi connectivity index (χ0v) is 31.3. The van der Waals surface area contributed by atoms with Crippen molar-refractivity contribution in [3.05, 3.63) is 42.0 Å². The van der Waals surface area contributed by atoms with Crippen LogP contribution in [-0.4, -0.2) is 98.5 Å². The lowest BCUT2D eigenvalue weighted by Gasteiger charge is -2.29. The minimum Gasteiger partial charge on any atom is -0.496 e. The summed E-state index contributed by atoms with van der Waals surface area (Å²) in [4.78, 5) is 61.6. The van der Waals surface area contributed by atoms with Crippen molar-refractivity contribution < 1.29 is 46.5 Å². The molecule has 290 valence electrons. The van der Waals surface area contributed by atoms with E-state index < -0.39 is 68.7 Å². The van der Waals surface area contributed by atoms with Crippen LogP contribution >= 0.6 is 0 Å². The Balaban J connectivity index is 1.26. The van der Waals surface area contributed by atoms with Gasteiger partial charge in [0.05, 0.1) is 38.1 Å². The van der Waals surface area contributed by atoms with Crippen molar-refractivity contribution in [1.82, 2.24) is 25.2 Å². The molecule has 1 saturated heterocycles. The number of methoxy groups -OCH3 is 2. The maximum Gasteiger partial charge on any atom is 0.407 e. The molecule has 0 radical (unpaired) electrons. The minimum absolute atomic E-state index is 0.0161. The molecule has 4 heterocycles. The monoisotopic (exact) mass is 765 g/mol. The Morgan fingerprint density at radius 3 is 2.61 bits per heavy atom. The number of hydrogen-bond acceptors (Lipinski definition) is 11. The first-order valence-electron chi connectivity index (χ1n) is 18.7. The molecule has 2 aliphatic carbocycles. The number of pyridine rings is 1.